The minimum absolute atomic E-state index is 0.108. The highest BCUT2D eigenvalue weighted by Gasteiger charge is 2.09. The van der Waals surface area contributed by atoms with E-state index in [2.05, 4.69) is 74.4 Å². The highest BCUT2D eigenvalue weighted by molar-refractivity contribution is 9.13. The fraction of sp³-hybridized carbons (Fsp3) is 0.125. The van der Waals surface area contributed by atoms with Crippen molar-refractivity contribution < 1.29 is 9.59 Å². The van der Waals surface area contributed by atoms with Gasteiger partial charge in [0.1, 0.15) is 0 Å². The third-order valence-electron chi connectivity index (χ3n) is 2.99. The number of rotatable bonds is 5. The monoisotopic (exact) mass is 580 g/mol. The molecule has 4 nitrogen and oxygen atoms in total. The molecule has 2 N–H and O–H groups in total. The van der Waals surface area contributed by atoms with Crippen molar-refractivity contribution in [2.24, 2.45) is 0 Å². The maximum absolute atomic E-state index is 11.9. The summed E-state index contributed by atoms with van der Waals surface area (Å²) in [6.45, 7) is 0. The molecule has 0 fully saturated rings. The normalized spacial score (nSPS) is 10.3. The van der Waals surface area contributed by atoms with E-state index in [0.29, 0.717) is 11.4 Å². The first kappa shape index (κ1) is 19.6. The van der Waals surface area contributed by atoms with Gasteiger partial charge in [-0.05, 0) is 100 Å². The summed E-state index contributed by atoms with van der Waals surface area (Å²) in [7, 11) is 0. The molecular formula is C16H12Br4N2O2. The van der Waals surface area contributed by atoms with Crippen LogP contribution >= 0.6 is 63.7 Å². The minimum Gasteiger partial charge on any atom is -0.326 e. The first-order chi connectivity index (χ1) is 11.3. The number of carbonyl (C=O) groups excluding carboxylic acids is 2. The molecular weight excluding hydrogens is 572 g/mol. The lowest BCUT2D eigenvalue weighted by Gasteiger charge is -2.08. The highest BCUT2D eigenvalue weighted by Crippen LogP contribution is 2.27. The number of anilines is 2. The molecule has 0 saturated carbocycles. The number of hydrogen-bond acceptors (Lipinski definition) is 2. The number of hydrogen-bond donors (Lipinski definition) is 2. The molecule has 126 valence electrons. The van der Waals surface area contributed by atoms with E-state index in [4.69, 9.17) is 0 Å². The van der Waals surface area contributed by atoms with Crippen LogP contribution in [0.5, 0.6) is 0 Å². The van der Waals surface area contributed by atoms with Crippen LogP contribution in [-0.4, -0.2) is 11.8 Å². The van der Waals surface area contributed by atoms with Crippen molar-refractivity contribution in [3.63, 3.8) is 0 Å². The molecule has 2 aromatic carbocycles. The van der Waals surface area contributed by atoms with Crippen LogP contribution in [0.3, 0.4) is 0 Å². The van der Waals surface area contributed by atoms with Gasteiger partial charge in [0, 0.05) is 42.1 Å². The SMILES string of the molecule is O=C(CCC(=O)Nc1ccc(Br)c(Br)c1)Nc1ccc(Br)c(Br)c1. The predicted molar refractivity (Wildman–Crippen MR) is 110 cm³/mol. The van der Waals surface area contributed by atoms with Gasteiger partial charge < -0.3 is 10.6 Å². The van der Waals surface area contributed by atoms with Crippen LogP contribution in [0.15, 0.2) is 54.3 Å². The van der Waals surface area contributed by atoms with Gasteiger partial charge in [-0.2, -0.15) is 0 Å². The molecule has 0 saturated heterocycles. The molecule has 0 heterocycles. The van der Waals surface area contributed by atoms with E-state index < -0.39 is 0 Å². The molecule has 0 spiro atoms. The lowest BCUT2D eigenvalue weighted by Crippen LogP contribution is -2.17. The van der Waals surface area contributed by atoms with Crippen LogP contribution in [0.2, 0.25) is 0 Å². The average Bonchev–Trinajstić information content (AvgIpc) is 2.53. The van der Waals surface area contributed by atoms with Gasteiger partial charge in [-0.25, -0.2) is 0 Å². The second-order valence-corrected chi connectivity index (χ2v) is 8.27. The summed E-state index contributed by atoms with van der Waals surface area (Å²) in [4.78, 5) is 23.9. The van der Waals surface area contributed by atoms with Gasteiger partial charge in [0.15, 0.2) is 0 Å². The minimum atomic E-state index is -0.212. The maximum Gasteiger partial charge on any atom is 0.224 e. The Bertz CT molecular complexity index is 715. The average molecular weight is 584 g/mol. The summed E-state index contributed by atoms with van der Waals surface area (Å²) >= 11 is 13.5. The molecule has 2 rings (SSSR count). The Morgan fingerprint density at radius 3 is 1.38 bits per heavy atom. The summed E-state index contributed by atoms with van der Waals surface area (Å²) in [6, 6.07) is 10.8. The zero-order valence-electron chi connectivity index (χ0n) is 12.2. The van der Waals surface area contributed by atoms with Crippen molar-refractivity contribution in [1.82, 2.24) is 0 Å². The largest absolute Gasteiger partial charge is 0.326 e. The standard InChI is InChI=1S/C16H12Br4N2O2/c17-11-3-1-9(7-13(11)19)21-15(23)5-6-16(24)22-10-2-4-12(18)14(20)8-10/h1-4,7-8H,5-6H2,(H,21,23)(H,22,24). The fourth-order valence-electron chi connectivity index (χ4n) is 1.82. The van der Waals surface area contributed by atoms with E-state index in [9.17, 15) is 9.59 Å². The van der Waals surface area contributed by atoms with Crippen LogP contribution < -0.4 is 10.6 Å². The van der Waals surface area contributed by atoms with Gasteiger partial charge in [0.05, 0.1) is 0 Å². The summed E-state index contributed by atoms with van der Waals surface area (Å²) < 4.78 is 3.50. The molecule has 0 unspecified atom stereocenters. The van der Waals surface area contributed by atoms with E-state index >= 15 is 0 Å². The van der Waals surface area contributed by atoms with E-state index in [1.807, 2.05) is 12.1 Å². The van der Waals surface area contributed by atoms with E-state index in [1.54, 1.807) is 24.3 Å². The quantitative estimate of drug-likeness (QED) is 0.447. The Morgan fingerprint density at radius 1 is 0.667 bits per heavy atom. The molecule has 0 aliphatic rings. The summed E-state index contributed by atoms with van der Waals surface area (Å²) in [5, 5.41) is 5.52. The van der Waals surface area contributed by atoms with Gasteiger partial charge in [0.25, 0.3) is 0 Å². The third kappa shape index (κ3) is 5.98. The molecule has 0 aliphatic heterocycles. The van der Waals surface area contributed by atoms with Crippen LogP contribution in [0.25, 0.3) is 0 Å². The molecule has 0 atom stereocenters. The van der Waals surface area contributed by atoms with Crippen molar-refractivity contribution in [3.8, 4) is 0 Å². The summed E-state index contributed by atoms with van der Waals surface area (Å²) in [5.41, 5.74) is 1.35. The topological polar surface area (TPSA) is 58.2 Å². The molecule has 0 aliphatic carbocycles. The number of halogens is 4. The molecule has 0 radical (unpaired) electrons. The smallest absolute Gasteiger partial charge is 0.224 e. The third-order valence-corrected chi connectivity index (χ3v) is 6.75. The second-order valence-electron chi connectivity index (χ2n) is 4.85. The fourth-order valence-corrected chi connectivity index (χ4v) is 3.07. The Kier molecular flexibility index (Phi) is 7.46. The van der Waals surface area contributed by atoms with Gasteiger partial charge in [-0.1, -0.05) is 0 Å². The zero-order chi connectivity index (χ0) is 17.7. The molecule has 24 heavy (non-hydrogen) atoms. The predicted octanol–water partition coefficient (Wildman–Crippen LogP) is 6.09. The van der Waals surface area contributed by atoms with E-state index in [-0.39, 0.29) is 24.7 Å². The van der Waals surface area contributed by atoms with Gasteiger partial charge in [-0.3, -0.25) is 9.59 Å². The van der Waals surface area contributed by atoms with Gasteiger partial charge >= 0.3 is 0 Å². The molecule has 0 aromatic heterocycles. The van der Waals surface area contributed by atoms with Crippen LogP contribution in [0, 0.1) is 0 Å². The highest BCUT2D eigenvalue weighted by atomic mass is 79.9. The summed E-state index contributed by atoms with van der Waals surface area (Å²) in [6.07, 6.45) is 0.217. The Morgan fingerprint density at radius 2 is 1.04 bits per heavy atom. The zero-order valence-corrected chi connectivity index (χ0v) is 18.6. The Labute approximate surface area is 173 Å². The van der Waals surface area contributed by atoms with Gasteiger partial charge in [-0.15, -0.1) is 0 Å². The van der Waals surface area contributed by atoms with Crippen molar-refractivity contribution >= 4 is 86.9 Å². The second kappa shape index (κ2) is 9.12. The number of amides is 2. The van der Waals surface area contributed by atoms with Crippen molar-refractivity contribution in [1.29, 1.82) is 0 Å². The number of carbonyl (C=O) groups is 2. The van der Waals surface area contributed by atoms with Crippen LogP contribution in [0.4, 0.5) is 11.4 Å². The molecule has 2 aromatic rings. The number of benzene rings is 2. The van der Waals surface area contributed by atoms with Crippen molar-refractivity contribution in [3.05, 3.63) is 54.3 Å². The Hall–Kier alpha value is -0.700. The number of nitrogens with one attached hydrogen (secondary N) is 2. The Balaban J connectivity index is 1.83. The molecule has 0 bridgehead atoms. The van der Waals surface area contributed by atoms with Crippen molar-refractivity contribution in [2.45, 2.75) is 12.8 Å². The van der Waals surface area contributed by atoms with E-state index in [1.165, 1.54) is 0 Å². The first-order valence-corrected chi connectivity index (χ1v) is 10.0. The maximum atomic E-state index is 11.9. The van der Waals surface area contributed by atoms with Crippen LogP contribution in [-0.2, 0) is 9.59 Å². The van der Waals surface area contributed by atoms with Gasteiger partial charge in [0.2, 0.25) is 11.8 Å². The van der Waals surface area contributed by atoms with Crippen LogP contribution in [0.1, 0.15) is 12.8 Å². The van der Waals surface area contributed by atoms with E-state index in [0.717, 1.165) is 17.9 Å². The lowest BCUT2D eigenvalue weighted by molar-refractivity contribution is -0.121. The first-order valence-electron chi connectivity index (χ1n) is 6.85. The summed E-state index contributed by atoms with van der Waals surface area (Å²) in [5.74, 6) is -0.423. The molecule has 2 amide bonds. The van der Waals surface area contributed by atoms with Crippen molar-refractivity contribution in [2.75, 3.05) is 10.6 Å². The lowest BCUT2D eigenvalue weighted by atomic mass is 10.2. The molecule has 8 heteroatoms.